The fourth-order valence-corrected chi connectivity index (χ4v) is 4.73. The molecule has 4 nitrogen and oxygen atoms in total. The summed E-state index contributed by atoms with van der Waals surface area (Å²) in [7, 11) is 0. The van der Waals surface area contributed by atoms with Crippen molar-refractivity contribution in [3.63, 3.8) is 0 Å². The average molecular weight is 379 g/mol. The minimum Gasteiger partial charge on any atom is -0.333 e. The molecule has 2 aliphatic carbocycles. The van der Waals surface area contributed by atoms with Gasteiger partial charge in [-0.1, -0.05) is 30.9 Å². The highest BCUT2D eigenvalue weighted by molar-refractivity contribution is 6.33. The lowest BCUT2D eigenvalue weighted by atomic mass is 9.78. The Balaban J connectivity index is 1.60. The van der Waals surface area contributed by atoms with Crippen LogP contribution in [0.2, 0.25) is 5.02 Å². The Morgan fingerprint density at radius 3 is 2.62 bits per heavy atom. The third-order valence-corrected chi connectivity index (χ3v) is 6.37. The van der Waals surface area contributed by atoms with Gasteiger partial charge in [-0.05, 0) is 49.8 Å². The van der Waals surface area contributed by atoms with Crippen molar-refractivity contribution in [2.24, 2.45) is 5.92 Å². The summed E-state index contributed by atoms with van der Waals surface area (Å²) in [6.45, 7) is 1.47. The van der Waals surface area contributed by atoms with Crippen LogP contribution in [0.5, 0.6) is 0 Å². The summed E-state index contributed by atoms with van der Waals surface area (Å²) < 4.78 is 13.3. The summed E-state index contributed by atoms with van der Waals surface area (Å²) >= 11 is 6.08. The van der Waals surface area contributed by atoms with Gasteiger partial charge in [0.2, 0.25) is 5.91 Å². The molecule has 1 aliphatic heterocycles. The molecule has 6 heteroatoms. The number of carbonyl (C=O) groups excluding carboxylic acids is 2. The smallest absolute Gasteiger partial charge is 0.255 e. The molecule has 0 bridgehead atoms. The number of halogens is 2. The van der Waals surface area contributed by atoms with Crippen LogP contribution in [-0.2, 0) is 4.79 Å². The second-order valence-electron chi connectivity index (χ2n) is 8.02. The molecule has 1 aromatic carbocycles. The van der Waals surface area contributed by atoms with E-state index >= 15 is 0 Å². The summed E-state index contributed by atoms with van der Waals surface area (Å²) in [4.78, 5) is 29.7. The van der Waals surface area contributed by atoms with E-state index < -0.39 is 5.82 Å². The molecule has 1 aromatic rings. The predicted molar refractivity (Wildman–Crippen MR) is 97.6 cm³/mol. The van der Waals surface area contributed by atoms with E-state index in [9.17, 15) is 14.0 Å². The van der Waals surface area contributed by atoms with Gasteiger partial charge in [0, 0.05) is 13.1 Å². The summed E-state index contributed by atoms with van der Waals surface area (Å²) in [6.07, 6.45) is 7.67. The summed E-state index contributed by atoms with van der Waals surface area (Å²) in [5, 5.41) is 0.0977. The van der Waals surface area contributed by atoms with E-state index in [1.54, 1.807) is 4.90 Å². The fourth-order valence-electron chi connectivity index (χ4n) is 4.48. The molecule has 1 heterocycles. The number of rotatable bonds is 3. The van der Waals surface area contributed by atoms with Gasteiger partial charge in [-0.15, -0.1) is 0 Å². The van der Waals surface area contributed by atoms with Crippen LogP contribution >= 0.6 is 11.6 Å². The number of hydrogen-bond donors (Lipinski definition) is 0. The number of amides is 2. The molecule has 0 atom stereocenters. The molecule has 1 spiro atoms. The van der Waals surface area contributed by atoms with E-state index in [-0.39, 0.29) is 34.5 Å². The molecule has 140 valence electrons. The van der Waals surface area contributed by atoms with Crippen molar-refractivity contribution < 1.29 is 14.0 Å². The monoisotopic (exact) mass is 378 g/mol. The van der Waals surface area contributed by atoms with Gasteiger partial charge in [0.1, 0.15) is 12.4 Å². The SMILES string of the molecule is O=C(c1ccc(F)cc1Cl)N1CC(=O)N(CC2CC2)C2(CCCCC2)C1. The van der Waals surface area contributed by atoms with Crippen LogP contribution in [0, 0.1) is 11.7 Å². The molecule has 26 heavy (non-hydrogen) atoms. The molecular weight excluding hydrogens is 355 g/mol. The van der Waals surface area contributed by atoms with Gasteiger partial charge in [-0.3, -0.25) is 9.59 Å². The first-order chi connectivity index (χ1) is 12.5. The topological polar surface area (TPSA) is 40.6 Å². The van der Waals surface area contributed by atoms with Crippen molar-refractivity contribution in [3.05, 3.63) is 34.6 Å². The first-order valence-electron chi connectivity index (χ1n) is 9.53. The lowest BCUT2D eigenvalue weighted by Crippen LogP contribution is -2.66. The third-order valence-electron chi connectivity index (χ3n) is 6.06. The minimum atomic E-state index is -0.472. The molecule has 0 unspecified atom stereocenters. The predicted octanol–water partition coefficient (Wildman–Crippen LogP) is 3.88. The van der Waals surface area contributed by atoms with Crippen molar-refractivity contribution in [1.82, 2.24) is 9.80 Å². The van der Waals surface area contributed by atoms with E-state index in [1.807, 2.05) is 0 Å². The summed E-state index contributed by atoms with van der Waals surface area (Å²) in [5.41, 5.74) is 0.0284. The Morgan fingerprint density at radius 2 is 1.96 bits per heavy atom. The van der Waals surface area contributed by atoms with Gasteiger partial charge in [0.25, 0.3) is 5.91 Å². The standard InChI is InChI=1S/C20H24ClFN2O2/c21-17-10-15(22)6-7-16(17)19(26)23-12-18(25)24(11-14-4-5-14)20(13-23)8-2-1-3-9-20/h6-7,10,14H,1-5,8-9,11-13H2. The van der Waals surface area contributed by atoms with E-state index in [1.165, 1.54) is 31.4 Å². The molecule has 2 amide bonds. The minimum absolute atomic E-state index is 0.0386. The Kier molecular flexibility index (Phi) is 4.68. The first kappa shape index (κ1) is 17.8. The number of benzene rings is 1. The lowest BCUT2D eigenvalue weighted by Gasteiger charge is -2.52. The van der Waals surface area contributed by atoms with Crippen LogP contribution in [0.1, 0.15) is 55.3 Å². The molecule has 0 radical (unpaired) electrons. The quantitative estimate of drug-likeness (QED) is 0.800. The van der Waals surface area contributed by atoms with Crippen molar-refractivity contribution in [3.8, 4) is 0 Å². The summed E-state index contributed by atoms with van der Waals surface area (Å²) in [5.74, 6) is -0.0804. The number of nitrogens with zero attached hydrogens (tertiary/aromatic N) is 2. The maximum Gasteiger partial charge on any atom is 0.255 e. The highest BCUT2D eigenvalue weighted by Crippen LogP contribution is 2.41. The second-order valence-corrected chi connectivity index (χ2v) is 8.43. The summed E-state index contributed by atoms with van der Waals surface area (Å²) in [6, 6.07) is 3.80. The van der Waals surface area contributed by atoms with E-state index in [4.69, 9.17) is 11.6 Å². The van der Waals surface area contributed by atoms with Crippen molar-refractivity contribution >= 4 is 23.4 Å². The highest BCUT2D eigenvalue weighted by Gasteiger charge is 2.48. The first-order valence-corrected chi connectivity index (χ1v) is 9.91. The van der Waals surface area contributed by atoms with E-state index in [0.29, 0.717) is 12.5 Å². The van der Waals surface area contributed by atoms with Gasteiger partial charge in [-0.2, -0.15) is 0 Å². The lowest BCUT2D eigenvalue weighted by molar-refractivity contribution is -0.147. The van der Waals surface area contributed by atoms with Crippen LogP contribution in [0.25, 0.3) is 0 Å². The van der Waals surface area contributed by atoms with Gasteiger partial charge < -0.3 is 9.80 Å². The second kappa shape index (κ2) is 6.84. The van der Waals surface area contributed by atoms with E-state index in [2.05, 4.69) is 4.90 Å². The van der Waals surface area contributed by atoms with Gasteiger partial charge >= 0.3 is 0 Å². The zero-order chi connectivity index (χ0) is 18.3. The van der Waals surface area contributed by atoms with Gasteiger partial charge in [0.05, 0.1) is 16.1 Å². The van der Waals surface area contributed by atoms with Gasteiger partial charge in [0.15, 0.2) is 0 Å². The van der Waals surface area contributed by atoms with Crippen LogP contribution in [0.15, 0.2) is 18.2 Å². The van der Waals surface area contributed by atoms with Crippen LogP contribution in [0.4, 0.5) is 4.39 Å². The Labute approximate surface area is 158 Å². The number of carbonyl (C=O) groups is 2. The molecule has 3 fully saturated rings. The fraction of sp³-hybridized carbons (Fsp3) is 0.600. The Morgan fingerprint density at radius 1 is 1.23 bits per heavy atom. The van der Waals surface area contributed by atoms with E-state index in [0.717, 1.165) is 38.3 Å². The largest absolute Gasteiger partial charge is 0.333 e. The Hall–Kier alpha value is -1.62. The molecule has 0 aromatic heterocycles. The van der Waals surface area contributed by atoms with Crippen LogP contribution < -0.4 is 0 Å². The molecule has 1 saturated heterocycles. The third kappa shape index (κ3) is 3.34. The molecule has 0 N–H and O–H groups in total. The maximum atomic E-state index is 13.3. The molecule has 4 rings (SSSR count). The van der Waals surface area contributed by atoms with Crippen LogP contribution in [0.3, 0.4) is 0 Å². The number of hydrogen-bond acceptors (Lipinski definition) is 2. The highest BCUT2D eigenvalue weighted by atomic mass is 35.5. The van der Waals surface area contributed by atoms with Crippen molar-refractivity contribution in [2.75, 3.05) is 19.6 Å². The molecule has 3 aliphatic rings. The van der Waals surface area contributed by atoms with Crippen molar-refractivity contribution in [1.29, 1.82) is 0 Å². The number of piperazine rings is 1. The average Bonchev–Trinajstić information content (AvgIpc) is 3.43. The molecular formula is C20H24ClFN2O2. The van der Waals surface area contributed by atoms with Gasteiger partial charge in [-0.25, -0.2) is 4.39 Å². The normalized spacial score (nSPS) is 22.8. The Bertz CT molecular complexity index is 729. The molecule has 2 saturated carbocycles. The van der Waals surface area contributed by atoms with Crippen molar-refractivity contribution in [2.45, 2.75) is 50.5 Å². The maximum absolute atomic E-state index is 13.3. The zero-order valence-electron chi connectivity index (χ0n) is 14.8. The zero-order valence-corrected chi connectivity index (χ0v) is 15.6. The van der Waals surface area contributed by atoms with Crippen LogP contribution in [-0.4, -0.2) is 46.8 Å².